The molecule has 3 nitrogen and oxygen atoms in total. The number of Topliss-reactive ketones (excluding diaryl/α,β-unsaturated/α-hetero) is 1. The molecule has 0 radical (unpaired) electrons. The number of benzene rings is 1. The van der Waals surface area contributed by atoms with Gasteiger partial charge in [0.1, 0.15) is 11.5 Å². The van der Waals surface area contributed by atoms with E-state index < -0.39 is 17.5 Å². The van der Waals surface area contributed by atoms with Crippen LogP contribution in [0.3, 0.4) is 0 Å². The lowest BCUT2D eigenvalue weighted by Crippen LogP contribution is -2.31. The van der Waals surface area contributed by atoms with Gasteiger partial charge in [-0.25, -0.2) is 0 Å². The van der Waals surface area contributed by atoms with E-state index in [2.05, 4.69) is 0 Å². The fourth-order valence-electron chi connectivity index (χ4n) is 2.00. The Morgan fingerprint density at radius 2 is 1.94 bits per heavy atom. The minimum absolute atomic E-state index is 0.116. The average Bonchev–Trinajstić information content (AvgIpc) is 2.55. The summed E-state index contributed by atoms with van der Waals surface area (Å²) in [6.07, 6.45) is 0.462. The number of rotatable bonds is 1. The van der Waals surface area contributed by atoms with Crippen molar-refractivity contribution >= 4 is 11.8 Å². The SMILES string of the molecule is CC(C)(C)OC(=O)C1Cc2ccccc2C1=O. The molecule has 0 bridgehead atoms. The van der Waals surface area contributed by atoms with E-state index in [4.69, 9.17) is 4.74 Å². The molecule has 0 aliphatic heterocycles. The Morgan fingerprint density at radius 1 is 1.29 bits per heavy atom. The van der Waals surface area contributed by atoms with Gasteiger partial charge in [-0.15, -0.1) is 0 Å². The fourth-order valence-corrected chi connectivity index (χ4v) is 2.00. The molecule has 0 spiro atoms. The molecule has 3 heteroatoms. The summed E-state index contributed by atoms with van der Waals surface area (Å²) in [5.41, 5.74) is 1.04. The maximum absolute atomic E-state index is 12.0. The Balaban J connectivity index is 2.18. The topological polar surface area (TPSA) is 43.4 Å². The third-order valence-corrected chi connectivity index (χ3v) is 2.71. The van der Waals surface area contributed by atoms with Crippen LogP contribution in [0.15, 0.2) is 24.3 Å². The predicted molar refractivity (Wildman–Crippen MR) is 63.8 cm³/mol. The van der Waals surface area contributed by atoms with Crippen molar-refractivity contribution in [3.63, 3.8) is 0 Å². The van der Waals surface area contributed by atoms with Crippen molar-refractivity contribution in [2.24, 2.45) is 5.92 Å². The molecule has 1 aromatic rings. The predicted octanol–water partition coefficient (Wildman–Crippen LogP) is 2.38. The molecule has 1 atom stereocenters. The second kappa shape index (κ2) is 3.99. The number of ether oxygens (including phenoxy) is 1. The Bertz CT molecular complexity index is 469. The second-order valence-electron chi connectivity index (χ2n) is 5.31. The maximum Gasteiger partial charge on any atom is 0.317 e. The highest BCUT2D eigenvalue weighted by atomic mass is 16.6. The highest BCUT2D eigenvalue weighted by molar-refractivity contribution is 6.12. The molecular formula is C14H16O3. The van der Waals surface area contributed by atoms with Gasteiger partial charge in [0.05, 0.1) is 0 Å². The molecule has 17 heavy (non-hydrogen) atoms. The maximum atomic E-state index is 12.0. The van der Waals surface area contributed by atoms with E-state index in [-0.39, 0.29) is 5.78 Å². The number of hydrogen-bond acceptors (Lipinski definition) is 3. The van der Waals surface area contributed by atoms with Gasteiger partial charge in [0.2, 0.25) is 0 Å². The van der Waals surface area contributed by atoms with Crippen LogP contribution < -0.4 is 0 Å². The molecule has 0 saturated heterocycles. The fraction of sp³-hybridized carbons (Fsp3) is 0.429. The van der Waals surface area contributed by atoms with Crippen LogP contribution in [0, 0.1) is 5.92 Å². The van der Waals surface area contributed by atoms with Crippen LogP contribution in [0.5, 0.6) is 0 Å². The van der Waals surface area contributed by atoms with Gasteiger partial charge in [-0.3, -0.25) is 9.59 Å². The van der Waals surface area contributed by atoms with Crippen molar-refractivity contribution in [3.8, 4) is 0 Å². The third kappa shape index (κ3) is 2.38. The van der Waals surface area contributed by atoms with E-state index in [1.165, 1.54) is 0 Å². The van der Waals surface area contributed by atoms with E-state index >= 15 is 0 Å². The minimum Gasteiger partial charge on any atom is -0.459 e. The van der Waals surface area contributed by atoms with Crippen molar-refractivity contribution in [1.82, 2.24) is 0 Å². The highest BCUT2D eigenvalue weighted by Gasteiger charge is 2.38. The zero-order valence-corrected chi connectivity index (χ0v) is 10.3. The number of esters is 1. The molecule has 0 aromatic heterocycles. The summed E-state index contributed by atoms with van der Waals surface area (Å²) < 4.78 is 5.26. The van der Waals surface area contributed by atoms with Crippen molar-refractivity contribution in [2.75, 3.05) is 0 Å². The first-order chi connectivity index (χ1) is 7.88. The molecule has 0 amide bonds. The van der Waals surface area contributed by atoms with Crippen LogP contribution in [0.2, 0.25) is 0 Å². The summed E-state index contributed by atoms with van der Waals surface area (Å²) in [5, 5.41) is 0. The van der Waals surface area contributed by atoms with Gasteiger partial charge in [-0.05, 0) is 32.8 Å². The summed E-state index contributed by atoms with van der Waals surface area (Å²) >= 11 is 0. The molecule has 90 valence electrons. The molecular weight excluding hydrogens is 216 g/mol. The van der Waals surface area contributed by atoms with Gasteiger partial charge in [-0.2, -0.15) is 0 Å². The van der Waals surface area contributed by atoms with Gasteiger partial charge in [0.15, 0.2) is 5.78 Å². The van der Waals surface area contributed by atoms with Gasteiger partial charge in [0, 0.05) is 5.56 Å². The lowest BCUT2D eigenvalue weighted by molar-refractivity contribution is -0.157. The van der Waals surface area contributed by atoms with Crippen molar-refractivity contribution in [3.05, 3.63) is 35.4 Å². The number of ketones is 1. The Labute approximate surface area is 101 Å². The zero-order valence-electron chi connectivity index (χ0n) is 10.3. The minimum atomic E-state index is -0.661. The number of hydrogen-bond donors (Lipinski definition) is 0. The van der Waals surface area contributed by atoms with Crippen LogP contribution in [-0.4, -0.2) is 17.4 Å². The van der Waals surface area contributed by atoms with Gasteiger partial charge >= 0.3 is 5.97 Å². The van der Waals surface area contributed by atoms with E-state index in [0.717, 1.165) is 5.56 Å². The standard InChI is InChI=1S/C14H16O3/c1-14(2,3)17-13(16)11-8-9-6-4-5-7-10(9)12(11)15/h4-7,11H,8H2,1-3H3. The summed E-state index contributed by atoms with van der Waals surface area (Å²) in [4.78, 5) is 23.9. The highest BCUT2D eigenvalue weighted by Crippen LogP contribution is 2.28. The second-order valence-corrected chi connectivity index (χ2v) is 5.31. The lowest BCUT2D eigenvalue weighted by atomic mass is 10.1. The molecule has 2 rings (SSSR count). The van der Waals surface area contributed by atoms with Crippen molar-refractivity contribution < 1.29 is 14.3 Å². The Kier molecular flexibility index (Phi) is 2.77. The molecule has 0 fully saturated rings. The van der Waals surface area contributed by atoms with Gasteiger partial charge < -0.3 is 4.74 Å². The lowest BCUT2D eigenvalue weighted by Gasteiger charge is -2.21. The number of fused-ring (bicyclic) bond motifs is 1. The Hall–Kier alpha value is -1.64. The monoisotopic (exact) mass is 232 g/mol. The molecule has 0 N–H and O–H groups in total. The molecule has 0 saturated carbocycles. The van der Waals surface area contributed by atoms with Gasteiger partial charge in [0.25, 0.3) is 0 Å². The first kappa shape index (κ1) is 11.8. The smallest absolute Gasteiger partial charge is 0.317 e. The van der Waals surface area contributed by atoms with Crippen LogP contribution in [0.1, 0.15) is 36.7 Å². The van der Waals surface area contributed by atoms with Crippen LogP contribution in [0.4, 0.5) is 0 Å². The molecule has 0 heterocycles. The summed E-state index contributed by atoms with van der Waals surface area (Å²) in [5.74, 6) is -1.19. The molecule has 1 unspecified atom stereocenters. The average molecular weight is 232 g/mol. The van der Waals surface area contributed by atoms with E-state index in [1.807, 2.05) is 18.2 Å². The largest absolute Gasteiger partial charge is 0.459 e. The van der Waals surface area contributed by atoms with Crippen LogP contribution in [-0.2, 0) is 16.0 Å². The molecule has 1 aliphatic carbocycles. The number of carbonyl (C=O) groups excluding carboxylic acids is 2. The first-order valence-electron chi connectivity index (χ1n) is 5.73. The first-order valence-corrected chi connectivity index (χ1v) is 5.73. The van der Waals surface area contributed by atoms with Gasteiger partial charge in [-0.1, -0.05) is 24.3 Å². The molecule has 1 aromatic carbocycles. The quantitative estimate of drug-likeness (QED) is 0.551. The van der Waals surface area contributed by atoms with Crippen molar-refractivity contribution in [2.45, 2.75) is 32.8 Å². The van der Waals surface area contributed by atoms with E-state index in [1.54, 1.807) is 26.8 Å². The van der Waals surface area contributed by atoms with Crippen molar-refractivity contribution in [1.29, 1.82) is 0 Å². The summed E-state index contributed by atoms with van der Waals surface area (Å²) in [6.45, 7) is 5.41. The van der Waals surface area contributed by atoms with E-state index in [9.17, 15) is 9.59 Å². The summed E-state index contributed by atoms with van der Waals surface area (Å²) in [7, 11) is 0. The van der Waals surface area contributed by atoms with Crippen LogP contribution >= 0.6 is 0 Å². The summed E-state index contributed by atoms with van der Waals surface area (Å²) in [6, 6.07) is 7.34. The Morgan fingerprint density at radius 3 is 2.53 bits per heavy atom. The van der Waals surface area contributed by atoms with E-state index in [0.29, 0.717) is 12.0 Å². The van der Waals surface area contributed by atoms with Crippen LogP contribution in [0.25, 0.3) is 0 Å². The third-order valence-electron chi connectivity index (χ3n) is 2.71. The number of carbonyl (C=O) groups is 2. The zero-order chi connectivity index (χ0) is 12.6. The molecule has 1 aliphatic rings. The normalized spacial score (nSPS) is 19.0.